The van der Waals surface area contributed by atoms with E-state index in [0.29, 0.717) is 6.42 Å². The Hall–Kier alpha value is -0.910. The van der Waals surface area contributed by atoms with Gasteiger partial charge in [0.25, 0.3) is 10.1 Å². The van der Waals surface area contributed by atoms with Gasteiger partial charge in [-0.05, 0) is 35.2 Å². The van der Waals surface area contributed by atoms with Gasteiger partial charge in [0.2, 0.25) is 0 Å². The fourth-order valence-electron chi connectivity index (χ4n) is 2.05. The van der Waals surface area contributed by atoms with Crippen LogP contribution in [0.3, 0.4) is 0 Å². The molecule has 3 nitrogen and oxygen atoms in total. The van der Waals surface area contributed by atoms with Gasteiger partial charge in [-0.25, -0.2) is 0 Å². The molecule has 0 unspecified atom stereocenters. The molecule has 0 aromatic heterocycles. The van der Waals surface area contributed by atoms with Gasteiger partial charge in [0.05, 0.1) is 12.9 Å². The summed E-state index contributed by atoms with van der Waals surface area (Å²) >= 11 is 3.56. The van der Waals surface area contributed by atoms with E-state index in [2.05, 4.69) is 34.1 Å². The molecule has 0 bridgehead atoms. The van der Waals surface area contributed by atoms with Gasteiger partial charge in [-0.2, -0.15) is 8.42 Å². The molecule has 5 heteroatoms. The van der Waals surface area contributed by atoms with Crippen LogP contribution in [-0.2, 0) is 20.7 Å². The van der Waals surface area contributed by atoms with Gasteiger partial charge in [-0.1, -0.05) is 46.3 Å². The number of hydrogen-bond donors (Lipinski definition) is 0. The summed E-state index contributed by atoms with van der Waals surface area (Å²) in [6.07, 6.45) is 2.53. The van der Waals surface area contributed by atoms with E-state index in [1.807, 2.05) is 18.2 Å². The molecule has 2 aromatic carbocycles. The molecule has 0 amide bonds. The maximum atomic E-state index is 10.9. The average Bonchev–Trinajstić information content (AvgIpc) is 2.34. The fraction of sp³-hybridized carbons (Fsp3) is 0.286. The highest BCUT2D eigenvalue weighted by Crippen LogP contribution is 2.27. The van der Waals surface area contributed by atoms with Crippen molar-refractivity contribution in [2.24, 2.45) is 0 Å². The summed E-state index contributed by atoms with van der Waals surface area (Å²) in [7, 11) is -3.34. The molecule has 102 valence electrons. The summed E-state index contributed by atoms with van der Waals surface area (Å²) in [5.74, 6) is 0. The fourth-order valence-corrected chi connectivity index (χ4v) is 3.11. The molecule has 0 saturated heterocycles. The van der Waals surface area contributed by atoms with Gasteiger partial charge in [-0.3, -0.25) is 4.18 Å². The van der Waals surface area contributed by atoms with Crippen molar-refractivity contribution in [1.82, 2.24) is 0 Å². The van der Waals surface area contributed by atoms with Crippen LogP contribution in [0.15, 0.2) is 40.9 Å². The smallest absolute Gasteiger partial charge is 0.264 e. The predicted octanol–water partition coefficient (Wildman–Crippen LogP) is 3.51. The molecule has 19 heavy (non-hydrogen) atoms. The Bertz CT molecular complexity index is 675. The van der Waals surface area contributed by atoms with Crippen molar-refractivity contribution in [3.63, 3.8) is 0 Å². The van der Waals surface area contributed by atoms with Crippen molar-refractivity contribution in [2.75, 3.05) is 12.9 Å². The van der Waals surface area contributed by atoms with E-state index in [-0.39, 0.29) is 6.61 Å². The molecule has 2 aromatic rings. The molecule has 0 fully saturated rings. The lowest BCUT2D eigenvalue weighted by molar-refractivity contribution is 0.316. The Kier molecular flexibility index (Phi) is 4.60. The van der Waals surface area contributed by atoms with Gasteiger partial charge in [0.1, 0.15) is 0 Å². The molecule has 0 atom stereocenters. The first-order valence-corrected chi connectivity index (χ1v) is 8.59. The van der Waals surface area contributed by atoms with Crippen molar-refractivity contribution in [3.05, 3.63) is 46.4 Å². The van der Waals surface area contributed by atoms with Crippen LogP contribution < -0.4 is 0 Å². The maximum absolute atomic E-state index is 10.9. The minimum Gasteiger partial charge on any atom is -0.270 e. The largest absolute Gasteiger partial charge is 0.270 e. The van der Waals surface area contributed by atoms with Gasteiger partial charge >= 0.3 is 0 Å². The quantitative estimate of drug-likeness (QED) is 0.616. The monoisotopic (exact) mass is 342 g/mol. The van der Waals surface area contributed by atoms with Crippen molar-refractivity contribution in [2.45, 2.75) is 12.8 Å². The maximum Gasteiger partial charge on any atom is 0.264 e. The highest BCUT2D eigenvalue weighted by molar-refractivity contribution is 9.10. The SMILES string of the molecule is CS(=O)(=O)OCCCc1cccc2cccc(Br)c12. The second-order valence-corrected chi connectivity index (χ2v) is 6.88. The Morgan fingerprint density at radius 3 is 2.53 bits per heavy atom. The Labute approximate surface area is 121 Å². The van der Waals surface area contributed by atoms with Crippen molar-refractivity contribution in [3.8, 4) is 0 Å². The highest BCUT2D eigenvalue weighted by Gasteiger charge is 2.06. The van der Waals surface area contributed by atoms with Crippen molar-refractivity contribution >= 4 is 36.8 Å². The van der Waals surface area contributed by atoms with Crippen molar-refractivity contribution in [1.29, 1.82) is 0 Å². The molecule has 0 aliphatic carbocycles. The zero-order chi connectivity index (χ0) is 13.9. The van der Waals surface area contributed by atoms with E-state index in [1.54, 1.807) is 0 Å². The van der Waals surface area contributed by atoms with E-state index in [1.165, 1.54) is 16.3 Å². The molecule has 0 heterocycles. The standard InChI is InChI=1S/C14H15BrO3S/c1-19(16,17)18-10-4-8-12-6-2-5-11-7-3-9-13(15)14(11)12/h2-3,5-7,9H,4,8,10H2,1H3. The zero-order valence-electron chi connectivity index (χ0n) is 10.6. The molecular formula is C14H15BrO3S. The first-order chi connectivity index (χ1) is 8.97. The lowest BCUT2D eigenvalue weighted by Crippen LogP contribution is -2.05. The second-order valence-electron chi connectivity index (χ2n) is 4.38. The Morgan fingerprint density at radius 2 is 1.84 bits per heavy atom. The minimum absolute atomic E-state index is 0.222. The van der Waals surface area contributed by atoms with Gasteiger partial charge < -0.3 is 0 Å². The first-order valence-electron chi connectivity index (χ1n) is 5.98. The van der Waals surface area contributed by atoms with Gasteiger partial charge in [0.15, 0.2) is 0 Å². The van der Waals surface area contributed by atoms with Gasteiger partial charge in [0, 0.05) is 4.47 Å². The third-order valence-corrected chi connectivity index (χ3v) is 4.08. The minimum atomic E-state index is -3.34. The average molecular weight is 343 g/mol. The molecule has 0 aliphatic rings. The van der Waals surface area contributed by atoms with E-state index < -0.39 is 10.1 Å². The number of benzene rings is 2. The van der Waals surface area contributed by atoms with Crippen LogP contribution in [0, 0.1) is 0 Å². The number of hydrogen-bond acceptors (Lipinski definition) is 3. The summed E-state index contributed by atoms with van der Waals surface area (Å²) in [6, 6.07) is 12.2. The molecule has 0 saturated carbocycles. The van der Waals surface area contributed by atoms with Crippen LogP contribution in [-0.4, -0.2) is 21.3 Å². The number of fused-ring (bicyclic) bond motifs is 1. The molecular weight excluding hydrogens is 328 g/mol. The summed E-state index contributed by atoms with van der Waals surface area (Å²) in [5.41, 5.74) is 1.20. The summed E-state index contributed by atoms with van der Waals surface area (Å²) in [6.45, 7) is 0.222. The Balaban J connectivity index is 2.13. The topological polar surface area (TPSA) is 43.4 Å². The second kappa shape index (κ2) is 6.03. The molecule has 0 radical (unpaired) electrons. The zero-order valence-corrected chi connectivity index (χ0v) is 13.0. The van der Waals surface area contributed by atoms with Crippen LogP contribution in [0.1, 0.15) is 12.0 Å². The predicted molar refractivity (Wildman–Crippen MR) is 80.8 cm³/mol. The van der Waals surface area contributed by atoms with E-state index in [9.17, 15) is 8.42 Å². The third kappa shape index (κ3) is 4.03. The van der Waals surface area contributed by atoms with Crippen LogP contribution >= 0.6 is 15.9 Å². The third-order valence-electron chi connectivity index (χ3n) is 2.83. The van der Waals surface area contributed by atoms with Crippen molar-refractivity contribution < 1.29 is 12.6 Å². The highest BCUT2D eigenvalue weighted by atomic mass is 79.9. The molecule has 0 spiro atoms. The number of halogens is 1. The molecule has 0 aliphatic heterocycles. The van der Waals surface area contributed by atoms with Crippen LogP contribution in [0.25, 0.3) is 10.8 Å². The first kappa shape index (κ1) is 14.5. The number of aryl methyl sites for hydroxylation is 1. The van der Waals surface area contributed by atoms with Crippen LogP contribution in [0.5, 0.6) is 0 Å². The van der Waals surface area contributed by atoms with Gasteiger partial charge in [-0.15, -0.1) is 0 Å². The van der Waals surface area contributed by atoms with E-state index in [4.69, 9.17) is 4.18 Å². The summed E-state index contributed by atoms with van der Waals surface area (Å²) < 4.78 is 27.6. The molecule has 0 N–H and O–H groups in total. The summed E-state index contributed by atoms with van der Waals surface area (Å²) in [5, 5.41) is 2.36. The van der Waals surface area contributed by atoms with Crippen LogP contribution in [0.4, 0.5) is 0 Å². The van der Waals surface area contributed by atoms with E-state index >= 15 is 0 Å². The van der Waals surface area contributed by atoms with E-state index in [0.717, 1.165) is 17.1 Å². The lowest BCUT2D eigenvalue weighted by atomic mass is 10.0. The lowest BCUT2D eigenvalue weighted by Gasteiger charge is -2.08. The molecule has 2 rings (SSSR count). The number of rotatable bonds is 5. The normalized spacial score (nSPS) is 11.9. The van der Waals surface area contributed by atoms with Crippen LogP contribution in [0.2, 0.25) is 0 Å². The summed E-state index contributed by atoms with van der Waals surface area (Å²) in [4.78, 5) is 0. The Morgan fingerprint density at radius 1 is 1.16 bits per heavy atom.